The van der Waals surface area contributed by atoms with Gasteiger partial charge in [-0.1, -0.05) is 36.4 Å². The fourth-order valence-electron chi connectivity index (χ4n) is 3.87. The van der Waals surface area contributed by atoms with Gasteiger partial charge in [-0.25, -0.2) is 0 Å². The van der Waals surface area contributed by atoms with Crippen molar-refractivity contribution in [3.05, 3.63) is 102 Å². The molecule has 0 unspecified atom stereocenters. The summed E-state index contributed by atoms with van der Waals surface area (Å²) >= 11 is 0. The first-order chi connectivity index (χ1) is 15.8. The van der Waals surface area contributed by atoms with Crippen LogP contribution in [0.25, 0.3) is 10.8 Å². The van der Waals surface area contributed by atoms with Crippen LogP contribution in [0.5, 0.6) is 5.75 Å². The van der Waals surface area contributed by atoms with Crippen LogP contribution in [0.3, 0.4) is 0 Å². The number of fused-ring (bicyclic) bond motifs is 1. The van der Waals surface area contributed by atoms with Crippen LogP contribution in [0, 0.1) is 0 Å². The van der Waals surface area contributed by atoms with Gasteiger partial charge in [0, 0.05) is 25.0 Å². The van der Waals surface area contributed by atoms with Crippen LogP contribution < -0.4 is 9.64 Å². The molecule has 0 saturated carbocycles. The second-order valence-corrected chi connectivity index (χ2v) is 7.91. The molecule has 0 bridgehead atoms. The third kappa shape index (κ3) is 4.98. The van der Waals surface area contributed by atoms with Crippen molar-refractivity contribution >= 4 is 28.4 Å². The molecule has 160 valence electrons. The van der Waals surface area contributed by atoms with Crippen LogP contribution >= 0.6 is 0 Å². The van der Waals surface area contributed by atoms with E-state index < -0.39 is 0 Å². The van der Waals surface area contributed by atoms with Gasteiger partial charge < -0.3 is 14.4 Å². The van der Waals surface area contributed by atoms with Gasteiger partial charge in [-0.2, -0.15) is 0 Å². The van der Waals surface area contributed by atoms with Crippen LogP contribution in [0.15, 0.2) is 96.0 Å². The summed E-state index contributed by atoms with van der Waals surface area (Å²) in [5.41, 5.74) is 4.37. The minimum Gasteiger partial charge on any atom is -0.489 e. The lowest BCUT2D eigenvalue weighted by atomic mass is 10.1. The molecule has 1 saturated heterocycles. The van der Waals surface area contributed by atoms with Crippen LogP contribution in [-0.2, 0) is 11.3 Å². The van der Waals surface area contributed by atoms with Crippen molar-refractivity contribution in [3.8, 4) is 5.75 Å². The zero-order valence-corrected chi connectivity index (χ0v) is 18.0. The molecule has 0 aromatic heterocycles. The number of anilines is 1. The van der Waals surface area contributed by atoms with Gasteiger partial charge in [-0.05, 0) is 76.5 Å². The Morgan fingerprint density at radius 1 is 0.812 bits per heavy atom. The molecule has 4 heteroatoms. The Morgan fingerprint density at radius 2 is 1.56 bits per heavy atom. The van der Waals surface area contributed by atoms with Gasteiger partial charge in [0.05, 0.1) is 18.9 Å². The van der Waals surface area contributed by atoms with Gasteiger partial charge in [0.25, 0.3) is 0 Å². The molecule has 4 aromatic rings. The molecule has 1 aliphatic rings. The first kappa shape index (κ1) is 20.3. The number of benzene rings is 4. The second kappa shape index (κ2) is 9.67. The maximum atomic E-state index is 5.97. The molecule has 4 nitrogen and oxygen atoms in total. The average Bonchev–Trinajstić information content (AvgIpc) is 2.87. The monoisotopic (exact) mass is 422 g/mol. The Kier molecular flexibility index (Phi) is 6.13. The molecular formula is C28H26N2O2. The predicted octanol–water partition coefficient (Wildman–Crippen LogP) is 6.01. The molecule has 1 heterocycles. The Morgan fingerprint density at radius 3 is 2.34 bits per heavy atom. The fourth-order valence-corrected chi connectivity index (χ4v) is 3.87. The molecule has 0 amide bonds. The number of hydrogen-bond acceptors (Lipinski definition) is 4. The predicted molar refractivity (Wildman–Crippen MR) is 131 cm³/mol. The zero-order valence-electron chi connectivity index (χ0n) is 18.0. The second-order valence-electron chi connectivity index (χ2n) is 7.91. The van der Waals surface area contributed by atoms with Gasteiger partial charge in [-0.3, -0.25) is 4.99 Å². The van der Waals surface area contributed by atoms with E-state index in [1.807, 2.05) is 30.5 Å². The standard InChI is InChI=1S/C28H26N2O2/c1-2-4-25-19-23(5-8-24(25)3-1)21-32-28-13-6-22(7-14-28)20-29-26-9-11-27(12-10-26)30-15-17-31-18-16-30/h1-14,19-20H,15-18,21H2. The van der Waals surface area contributed by atoms with Crippen molar-refractivity contribution in [3.63, 3.8) is 0 Å². The summed E-state index contributed by atoms with van der Waals surface area (Å²) in [5.74, 6) is 0.852. The van der Waals surface area contributed by atoms with E-state index in [1.54, 1.807) is 0 Å². The van der Waals surface area contributed by atoms with E-state index in [0.29, 0.717) is 6.61 Å². The fraction of sp³-hybridized carbons (Fsp3) is 0.179. The third-order valence-electron chi connectivity index (χ3n) is 5.69. The number of hydrogen-bond donors (Lipinski definition) is 0. The first-order valence-electron chi connectivity index (χ1n) is 11.0. The van der Waals surface area contributed by atoms with Gasteiger partial charge in [-0.15, -0.1) is 0 Å². The molecule has 0 aliphatic carbocycles. The van der Waals surface area contributed by atoms with Crippen molar-refractivity contribution in [2.75, 3.05) is 31.2 Å². The molecule has 1 aliphatic heterocycles. The number of rotatable bonds is 6. The minimum absolute atomic E-state index is 0.549. The molecule has 1 fully saturated rings. The molecular weight excluding hydrogens is 396 g/mol. The maximum Gasteiger partial charge on any atom is 0.119 e. The highest BCUT2D eigenvalue weighted by Gasteiger charge is 2.10. The Balaban J connectivity index is 1.17. The van der Waals surface area contributed by atoms with Crippen molar-refractivity contribution < 1.29 is 9.47 Å². The summed E-state index contributed by atoms with van der Waals surface area (Å²) in [6.07, 6.45) is 1.89. The highest BCUT2D eigenvalue weighted by Crippen LogP contribution is 2.21. The number of aliphatic imine (C=N–C) groups is 1. The van der Waals surface area contributed by atoms with Crippen LogP contribution in [0.1, 0.15) is 11.1 Å². The Labute approximate surface area is 188 Å². The molecule has 0 spiro atoms. The van der Waals surface area contributed by atoms with E-state index in [4.69, 9.17) is 9.47 Å². The van der Waals surface area contributed by atoms with Crippen LogP contribution in [0.4, 0.5) is 11.4 Å². The summed E-state index contributed by atoms with van der Waals surface area (Å²) < 4.78 is 11.4. The zero-order chi connectivity index (χ0) is 21.6. The largest absolute Gasteiger partial charge is 0.489 e. The highest BCUT2D eigenvalue weighted by molar-refractivity contribution is 5.83. The van der Waals surface area contributed by atoms with Crippen molar-refractivity contribution in [2.24, 2.45) is 4.99 Å². The summed E-state index contributed by atoms with van der Waals surface area (Å²) in [4.78, 5) is 6.95. The lowest BCUT2D eigenvalue weighted by molar-refractivity contribution is 0.122. The van der Waals surface area contributed by atoms with Crippen LogP contribution in [-0.4, -0.2) is 32.5 Å². The van der Waals surface area contributed by atoms with E-state index in [-0.39, 0.29) is 0 Å². The summed E-state index contributed by atoms with van der Waals surface area (Å²) in [6.45, 7) is 4.02. The van der Waals surface area contributed by atoms with E-state index in [2.05, 4.69) is 76.6 Å². The van der Waals surface area contributed by atoms with Gasteiger partial charge in [0.15, 0.2) is 0 Å². The van der Waals surface area contributed by atoms with Crippen molar-refractivity contribution in [1.29, 1.82) is 0 Å². The summed E-state index contributed by atoms with van der Waals surface area (Å²) in [5, 5.41) is 2.48. The minimum atomic E-state index is 0.549. The molecule has 32 heavy (non-hydrogen) atoms. The van der Waals surface area contributed by atoms with Gasteiger partial charge >= 0.3 is 0 Å². The van der Waals surface area contributed by atoms with E-state index in [9.17, 15) is 0 Å². The maximum absolute atomic E-state index is 5.97. The average molecular weight is 423 g/mol. The topological polar surface area (TPSA) is 34.1 Å². The number of nitrogens with zero attached hydrogens (tertiary/aromatic N) is 2. The highest BCUT2D eigenvalue weighted by atomic mass is 16.5. The number of ether oxygens (including phenoxy) is 2. The quantitative estimate of drug-likeness (QED) is 0.357. The van der Waals surface area contributed by atoms with Crippen LogP contribution in [0.2, 0.25) is 0 Å². The normalized spacial score (nSPS) is 14.2. The molecule has 4 aromatic carbocycles. The smallest absolute Gasteiger partial charge is 0.119 e. The molecule has 0 atom stereocenters. The third-order valence-corrected chi connectivity index (χ3v) is 5.69. The molecule has 0 N–H and O–H groups in total. The Bertz CT molecular complexity index is 1190. The van der Waals surface area contributed by atoms with E-state index in [1.165, 1.54) is 16.5 Å². The van der Waals surface area contributed by atoms with E-state index in [0.717, 1.165) is 48.9 Å². The molecule has 0 radical (unpaired) electrons. The summed E-state index contributed by atoms with van der Waals surface area (Å²) in [7, 11) is 0. The summed E-state index contributed by atoms with van der Waals surface area (Å²) in [6, 6.07) is 31.2. The first-order valence-corrected chi connectivity index (χ1v) is 11.0. The van der Waals surface area contributed by atoms with Gasteiger partial charge in [0.1, 0.15) is 12.4 Å². The molecule has 5 rings (SSSR count). The Hall–Kier alpha value is -3.63. The van der Waals surface area contributed by atoms with Gasteiger partial charge in [0.2, 0.25) is 0 Å². The lowest BCUT2D eigenvalue weighted by Gasteiger charge is -2.28. The SMILES string of the molecule is C(=Nc1ccc(N2CCOCC2)cc1)c1ccc(OCc2ccc3ccccc3c2)cc1. The van der Waals surface area contributed by atoms with E-state index >= 15 is 0 Å². The van der Waals surface area contributed by atoms with Crippen molar-refractivity contribution in [1.82, 2.24) is 0 Å². The van der Waals surface area contributed by atoms with Crippen molar-refractivity contribution in [2.45, 2.75) is 6.61 Å². The number of morpholine rings is 1. The lowest BCUT2D eigenvalue weighted by Crippen LogP contribution is -2.36.